The first-order chi connectivity index (χ1) is 10.0. The van der Waals surface area contributed by atoms with Crippen LogP contribution in [0.1, 0.15) is 46.5 Å². The van der Waals surface area contributed by atoms with Gasteiger partial charge in [0.1, 0.15) is 0 Å². The van der Waals surface area contributed by atoms with Crippen LogP contribution in [0.2, 0.25) is 0 Å². The number of amides is 3. The van der Waals surface area contributed by atoms with Crippen LogP contribution in [0.25, 0.3) is 0 Å². The number of nitrogens with zero attached hydrogens (tertiary/aromatic N) is 1. The molecule has 2 atom stereocenters. The maximum atomic E-state index is 11.7. The van der Waals surface area contributed by atoms with E-state index in [0.717, 1.165) is 19.5 Å². The van der Waals surface area contributed by atoms with Crippen LogP contribution in [0.4, 0.5) is 4.79 Å². The fraction of sp³-hybridized carbons (Fsp3) is 0.867. The average Bonchev–Trinajstić information content (AvgIpc) is 2.45. The summed E-state index contributed by atoms with van der Waals surface area (Å²) in [6.07, 6.45) is 4.94. The molecule has 1 fully saturated rings. The summed E-state index contributed by atoms with van der Waals surface area (Å²) in [7, 11) is 0. The molecule has 2 unspecified atom stereocenters. The number of hydrogen-bond acceptors (Lipinski definition) is 4. The van der Waals surface area contributed by atoms with Crippen molar-refractivity contribution in [2.24, 2.45) is 0 Å². The molecule has 0 spiro atoms. The minimum atomic E-state index is -0.432. The predicted molar refractivity (Wildman–Crippen MR) is 84.2 cm³/mol. The first kappa shape index (κ1) is 17.9. The van der Waals surface area contributed by atoms with Crippen molar-refractivity contribution in [3.63, 3.8) is 0 Å². The van der Waals surface area contributed by atoms with Gasteiger partial charge in [-0.25, -0.2) is 4.79 Å². The highest BCUT2D eigenvalue weighted by Crippen LogP contribution is 2.15. The van der Waals surface area contributed by atoms with Crippen LogP contribution in [0.15, 0.2) is 0 Å². The number of imide groups is 1. The van der Waals surface area contributed by atoms with Gasteiger partial charge in [0, 0.05) is 12.6 Å². The molecule has 1 aliphatic rings. The number of carbonyl (C=O) groups excluding carboxylic acids is 2. The first-order valence-corrected chi connectivity index (χ1v) is 8.10. The fourth-order valence-corrected chi connectivity index (χ4v) is 2.61. The summed E-state index contributed by atoms with van der Waals surface area (Å²) in [6.45, 7) is 9.43. The molecular weight excluding hydrogens is 268 g/mol. The number of urea groups is 1. The van der Waals surface area contributed by atoms with Gasteiger partial charge in [-0.3, -0.25) is 10.1 Å². The lowest BCUT2D eigenvalue weighted by molar-refractivity contribution is -0.121. The fourth-order valence-electron chi connectivity index (χ4n) is 2.61. The van der Waals surface area contributed by atoms with E-state index in [2.05, 4.69) is 27.8 Å². The molecule has 0 aliphatic carbocycles. The van der Waals surface area contributed by atoms with Gasteiger partial charge in [0.25, 0.3) is 0 Å². The molecule has 122 valence electrons. The van der Waals surface area contributed by atoms with E-state index in [4.69, 9.17) is 0 Å². The van der Waals surface area contributed by atoms with Crippen molar-refractivity contribution in [3.05, 3.63) is 0 Å². The molecule has 0 aromatic carbocycles. The van der Waals surface area contributed by atoms with Crippen LogP contribution in [0, 0.1) is 0 Å². The topological polar surface area (TPSA) is 73.5 Å². The zero-order chi connectivity index (χ0) is 15.7. The molecule has 3 N–H and O–H groups in total. The summed E-state index contributed by atoms with van der Waals surface area (Å²) in [6, 6.07) is -0.109. The van der Waals surface area contributed by atoms with Crippen LogP contribution in [-0.4, -0.2) is 55.1 Å². The highest BCUT2D eigenvalue weighted by atomic mass is 16.2. The molecule has 0 aromatic heterocycles. The van der Waals surface area contributed by atoms with E-state index in [1.165, 1.54) is 25.8 Å². The van der Waals surface area contributed by atoms with E-state index in [0.29, 0.717) is 12.6 Å². The summed E-state index contributed by atoms with van der Waals surface area (Å²) in [5, 5.41) is 8.02. The van der Waals surface area contributed by atoms with Gasteiger partial charge >= 0.3 is 6.03 Å². The maximum absolute atomic E-state index is 11.7. The number of nitrogens with one attached hydrogen (secondary N) is 3. The number of hydrogen-bond donors (Lipinski definition) is 3. The zero-order valence-corrected chi connectivity index (χ0v) is 13.6. The van der Waals surface area contributed by atoms with Crippen LogP contribution in [0.5, 0.6) is 0 Å². The lowest BCUT2D eigenvalue weighted by Crippen LogP contribution is -2.48. The van der Waals surface area contributed by atoms with Gasteiger partial charge in [-0.15, -0.1) is 0 Å². The van der Waals surface area contributed by atoms with E-state index in [1.807, 2.05) is 6.92 Å². The second-order valence-electron chi connectivity index (χ2n) is 5.76. The van der Waals surface area contributed by atoms with E-state index in [9.17, 15) is 9.59 Å². The van der Waals surface area contributed by atoms with Crippen molar-refractivity contribution in [1.29, 1.82) is 0 Å². The molecule has 0 radical (unpaired) electrons. The minimum Gasteiger partial charge on any atom is -0.338 e. The van der Waals surface area contributed by atoms with Crippen molar-refractivity contribution in [2.45, 2.75) is 58.5 Å². The molecule has 1 rings (SSSR count). The largest absolute Gasteiger partial charge is 0.338 e. The quantitative estimate of drug-likeness (QED) is 0.615. The number of rotatable bonds is 7. The molecule has 3 amide bonds. The molecule has 0 bridgehead atoms. The smallest absolute Gasteiger partial charge is 0.321 e. The Kier molecular flexibility index (Phi) is 8.30. The SMILES string of the molecule is CCNC(=O)NC(=O)C(C)NCCCN1CCCCC1C. The van der Waals surface area contributed by atoms with Crippen molar-refractivity contribution in [2.75, 3.05) is 26.2 Å². The third-order valence-electron chi connectivity index (χ3n) is 3.98. The second kappa shape index (κ2) is 9.73. The van der Waals surface area contributed by atoms with Gasteiger partial charge in [-0.05, 0) is 59.7 Å². The van der Waals surface area contributed by atoms with E-state index < -0.39 is 6.03 Å². The van der Waals surface area contributed by atoms with Gasteiger partial charge in [0.05, 0.1) is 6.04 Å². The third kappa shape index (κ3) is 6.91. The average molecular weight is 298 g/mol. The Bertz CT molecular complexity index is 336. The summed E-state index contributed by atoms with van der Waals surface area (Å²) < 4.78 is 0. The number of piperidine rings is 1. The summed E-state index contributed by atoms with van der Waals surface area (Å²) >= 11 is 0. The van der Waals surface area contributed by atoms with Crippen molar-refractivity contribution in [1.82, 2.24) is 20.9 Å². The monoisotopic (exact) mass is 298 g/mol. The second-order valence-corrected chi connectivity index (χ2v) is 5.76. The lowest BCUT2D eigenvalue weighted by Gasteiger charge is -2.33. The van der Waals surface area contributed by atoms with Crippen LogP contribution >= 0.6 is 0 Å². The standard InChI is InChI=1S/C15H30N4O2/c1-4-16-15(21)18-14(20)13(3)17-9-7-11-19-10-6-5-8-12(19)2/h12-13,17H,4-11H2,1-3H3,(H2,16,18,20,21). The number of carbonyl (C=O) groups is 2. The highest BCUT2D eigenvalue weighted by Gasteiger charge is 2.18. The zero-order valence-electron chi connectivity index (χ0n) is 13.6. The van der Waals surface area contributed by atoms with E-state index >= 15 is 0 Å². The van der Waals surface area contributed by atoms with Gasteiger partial charge < -0.3 is 15.5 Å². The van der Waals surface area contributed by atoms with Gasteiger partial charge in [0.15, 0.2) is 0 Å². The Morgan fingerprint density at radius 3 is 2.76 bits per heavy atom. The van der Waals surface area contributed by atoms with Crippen LogP contribution in [-0.2, 0) is 4.79 Å². The molecule has 6 heteroatoms. The number of likely N-dealkylation sites (tertiary alicyclic amines) is 1. The molecule has 6 nitrogen and oxygen atoms in total. The van der Waals surface area contributed by atoms with Crippen LogP contribution < -0.4 is 16.0 Å². The molecule has 21 heavy (non-hydrogen) atoms. The van der Waals surface area contributed by atoms with Crippen molar-refractivity contribution < 1.29 is 9.59 Å². The molecule has 0 saturated carbocycles. The predicted octanol–water partition coefficient (Wildman–Crippen LogP) is 1.07. The maximum Gasteiger partial charge on any atom is 0.321 e. The molecule has 1 aliphatic heterocycles. The summed E-state index contributed by atoms with van der Waals surface area (Å²) in [5.41, 5.74) is 0. The molecule has 1 saturated heterocycles. The van der Waals surface area contributed by atoms with Crippen LogP contribution in [0.3, 0.4) is 0 Å². The first-order valence-electron chi connectivity index (χ1n) is 8.10. The highest BCUT2D eigenvalue weighted by molar-refractivity contribution is 5.96. The Morgan fingerprint density at radius 2 is 2.10 bits per heavy atom. The van der Waals surface area contributed by atoms with Gasteiger partial charge in [-0.1, -0.05) is 6.42 Å². The third-order valence-corrected chi connectivity index (χ3v) is 3.98. The molecular formula is C15H30N4O2. The molecule has 1 heterocycles. The minimum absolute atomic E-state index is 0.285. The van der Waals surface area contributed by atoms with Crippen molar-refractivity contribution in [3.8, 4) is 0 Å². The van der Waals surface area contributed by atoms with E-state index in [1.54, 1.807) is 6.92 Å². The van der Waals surface area contributed by atoms with Crippen molar-refractivity contribution >= 4 is 11.9 Å². The summed E-state index contributed by atoms with van der Waals surface area (Å²) in [4.78, 5) is 25.5. The Hall–Kier alpha value is -1.14. The Labute approximate surface area is 128 Å². The Balaban J connectivity index is 2.13. The van der Waals surface area contributed by atoms with Gasteiger partial charge in [0.2, 0.25) is 5.91 Å². The van der Waals surface area contributed by atoms with E-state index in [-0.39, 0.29) is 11.9 Å². The normalized spacial score (nSPS) is 20.8. The Morgan fingerprint density at radius 1 is 1.33 bits per heavy atom. The summed E-state index contributed by atoms with van der Waals surface area (Å²) in [5.74, 6) is -0.285. The molecule has 0 aromatic rings. The lowest BCUT2D eigenvalue weighted by atomic mass is 10.0. The van der Waals surface area contributed by atoms with Gasteiger partial charge in [-0.2, -0.15) is 0 Å².